The molecular formula is C24H33IN6O. The summed E-state index contributed by atoms with van der Waals surface area (Å²) in [5, 5.41) is 6.75. The summed E-state index contributed by atoms with van der Waals surface area (Å²) in [6.45, 7) is 8.50. The zero-order valence-electron chi connectivity index (χ0n) is 19.2. The quantitative estimate of drug-likeness (QED) is 0.235. The van der Waals surface area contributed by atoms with Crippen LogP contribution in [0.3, 0.4) is 0 Å². The molecular weight excluding hydrogens is 515 g/mol. The number of imidazole rings is 1. The van der Waals surface area contributed by atoms with Crippen molar-refractivity contribution in [1.82, 2.24) is 25.2 Å². The van der Waals surface area contributed by atoms with E-state index in [1.807, 2.05) is 42.1 Å². The van der Waals surface area contributed by atoms with Crippen LogP contribution in [0.25, 0.3) is 5.82 Å². The van der Waals surface area contributed by atoms with Crippen LogP contribution in [0, 0.1) is 6.92 Å². The summed E-state index contributed by atoms with van der Waals surface area (Å²) in [4.78, 5) is 13.5. The third-order valence-electron chi connectivity index (χ3n) is 5.20. The summed E-state index contributed by atoms with van der Waals surface area (Å²) in [5.74, 6) is 3.93. The number of rotatable bonds is 9. The molecule has 0 amide bonds. The Balaban J connectivity index is 0.00000363. The molecule has 32 heavy (non-hydrogen) atoms. The lowest BCUT2D eigenvalue weighted by molar-refractivity contribution is 0.414. The van der Waals surface area contributed by atoms with E-state index >= 15 is 0 Å². The van der Waals surface area contributed by atoms with Crippen LogP contribution in [0.1, 0.15) is 43.1 Å². The van der Waals surface area contributed by atoms with Gasteiger partial charge in [-0.2, -0.15) is 0 Å². The minimum atomic E-state index is 0. The van der Waals surface area contributed by atoms with Gasteiger partial charge in [0.05, 0.1) is 13.7 Å². The predicted octanol–water partition coefficient (Wildman–Crippen LogP) is 4.45. The van der Waals surface area contributed by atoms with Gasteiger partial charge in [-0.05, 0) is 55.5 Å². The Morgan fingerprint density at radius 3 is 2.50 bits per heavy atom. The fraction of sp³-hybridized carbons (Fsp3) is 0.375. The molecule has 0 spiro atoms. The Hall–Kier alpha value is -2.62. The van der Waals surface area contributed by atoms with Crippen molar-refractivity contribution < 1.29 is 4.74 Å². The number of aliphatic imine (C=N–C) groups is 1. The molecule has 2 aromatic heterocycles. The first kappa shape index (κ1) is 25.6. The van der Waals surface area contributed by atoms with Crippen LogP contribution in [-0.4, -0.2) is 40.7 Å². The maximum Gasteiger partial charge on any atom is 0.191 e. The second-order valence-corrected chi connectivity index (χ2v) is 7.45. The SMILES string of the molecule is CCNC(=NCc1ccc(-n2ccnc2C)nc1)NCCC(C)c1ccc(OC)cc1.I. The Bertz CT molecular complexity index is 969. The van der Waals surface area contributed by atoms with Crippen molar-refractivity contribution in [2.75, 3.05) is 20.2 Å². The van der Waals surface area contributed by atoms with E-state index < -0.39 is 0 Å². The molecule has 1 atom stereocenters. The first-order chi connectivity index (χ1) is 15.1. The van der Waals surface area contributed by atoms with E-state index in [1.54, 1.807) is 13.3 Å². The van der Waals surface area contributed by atoms with E-state index in [1.165, 1.54) is 5.56 Å². The van der Waals surface area contributed by atoms with E-state index in [0.717, 1.165) is 48.4 Å². The average molecular weight is 548 g/mol. The number of benzene rings is 1. The molecule has 2 heterocycles. The van der Waals surface area contributed by atoms with Gasteiger partial charge >= 0.3 is 0 Å². The molecule has 0 saturated heterocycles. The second kappa shape index (κ2) is 13.0. The van der Waals surface area contributed by atoms with E-state index in [0.29, 0.717) is 12.5 Å². The van der Waals surface area contributed by atoms with Crippen molar-refractivity contribution in [3.8, 4) is 11.6 Å². The fourth-order valence-electron chi connectivity index (χ4n) is 3.29. The summed E-state index contributed by atoms with van der Waals surface area (Å²) in [6.07, 6.45) is 6.57. The van der Waals surface area contributed by atoms with Crippen LogP contribution in [0.2, 0.25) is 0 Å². The topological polar surface area (TPSA) is 76.4 Å². The van der Waals surface area contributed by atoms with Crippen LogP contribution in [0.4, 0.5) is 0 Å². The lowest BCUT2D eigenvalue weighted by Crippen LogP contribution is -2.38. The largest absolute Gasteiger partial charge is 0.497 e. The zero-order valence-corrected chi connectivity index (χ0v) is 21.5. The highest BCUT2D eigenvalue weighted by atomic mass is 127. The number of guanidine groups is 1. The predicted molar refractivity (Wildman–Crippen MR) is 140 cm³/mol. The Morgan fingerprint density at radius 1 is 1.12 bits per heavy atom. The fourth-order valence-corrected chi connectivity index (χ4v) is 3.29. The molecule has 2 N–H and O–H groups in total. The standard InChI is InChI=1S/C24H32N6O.HI/c1-5-25-24(27-13-12-18(2)21-7-9-22(31-4)10-8-21)29-17-20-6-11-23(28-16-20)30-15-14-26-19(30)3;/h6-11,14-16,18H,5,12-13,17H2,1-4H3,(H2,25,27,29);1H. The molecule has 8 heteroatoms. The number of methoxy groups -OCH3 is 1. The smallest absolute Gasteiger partial charge is 0.191 e. The lowest BCUT2D eigenvalue weighted by Gasteiger charge is -2.15. The van der Waals surface area contributed by atoms with Gasteiger partial charge in [0.1, 0.15) is 17.4 Å². The Kier molecular flexibility index (Phi) is 10.5. The molecule has 0 aliphatic carbocycles. The van der Waals surface area contributed by atoms with Crippen molar-refractivity contribution in [3.05, 3.63) is 71.9 Å². The first-order valence-electron chi connectivity index (χ1n) is 10.7. The number of hydrogen-bond donors (Lipinski definition) is 2. The number of halogens is 1. The highest BCUT2D eigenvalue weighted by molar-refractivity contribution is 14.0. The molecule has 172 valence electrons. The number of nitrogens with one attached hydrogen (secondary N) is 2. The lowest BCUT2D eigenvalue weighted by atomic mass is 9.98. The maximum atomic E-state index is 5.24. The summed E-state index contributed by atoms with van der Waals surface area (Å²) >= 11 is 0. The first-order valence-corrected chi connectivity index (χ1v) is 10.7. The highest BCUT2D eigenvalue weighted by Crippen LogP contribution is 2.21. The van der Waals surface area contributed by atoms with Crippen molar-refractivity contribution in [2.45, 2.75) is 39.7 Å². The molecule has 0 radical (unpaired) electrons. The van der Waals surface area contributed by atoms with Crippen molar-refractivity contribution >= 4 is 29.9 Å². The van der Waals surface area contributed by atoms with Gasteiger partial charge in [0.2, 0.25) is 0 Å². The van der Waals surface area contributed by atoms with E-state index in [4.69, 9.17) is 9.73 Å². The summed E-state index contributed by atoms with van der Waals surface area (Å²) in [7, 11) is 1.69. The molecule has 0 aliphatic rings. The van der Waals surface area contributed by atoms with Gasteiger partial charge in [-0.1, -0.05) is 25.1 Å². The van der Waals surface area contributed by atoms with Gasteiger partial charge in [0, 0.05) is 31.7 Å². The molecule has 0 saturated carbocycles. The molecule has 7 nitrogen and oxygen atoms in total. The minimum absolute atomic E-state index is 0. The number of aromatic nitrogens is 3. The molecule has 1 aromatic carbocycles. The van der Waals surface area contributed by atoms with Crippen LogP contribution in [-0.2, 0) is 6.54 Å². The van der Waals surface area contributed by atoms with Gasteiger partial charge in [-0.25, -0.2) is 15.0 Å². The van der Waals surface area contributed by atoms with Gasteiger partial charge in [0.15, 0.2) is 5.96 Å². The van der Waals surface area contributed by atoms with Gasteiger partial charge in [-0.3, -0.25) is 4.57 Å². The van der Waals surface area contributed by atoms with Crippen molar-refractivity contribution in [2.24, 2.45) is 4.99 Å². The van der Waals surface area contributed by atoms with Crippen molar-refractivity contribution in [3.63, 3.8) is 0 Å². The molecule has 0 bridgehead atoms. The van der Waals surface area contributed by atoms with Crippen LogP contribution >= 0.6 is 24.0 Å². The number of aryl methyl sites for hydroxylation is 1. The molecule has 1 unspecified atom stereocenters. The molecule has 0 aliphatic heterocycles. The summed E-state index contributed by atoms with van der Waals surface area (Å²) < 4.78 is 7.20. The van der Waals surface area contributed by atoms with Crippen LogP contribution < -0.4 is 15.4 Å². The normalized spacial score (nSPS) is 12.1. The molecule has 0 fully saturated rings. The van der Waals surface area contributed by atoms with Crippen molar-refractivity contribution in [1.29, 1.82) is 0 Å². The van der Waals surface area contributed by atoms with Gasteiger partial charge < -0.3 is 15.4 Å². The number of ether oxygens (including phenoxy) is 1. The molecule has 3 aromatic rings. The number of nitrogens with zero attached hydrogens (tertiary/aromatic N) is 4. The third-order valence-corrected chi connectivity index (χ3v) is 5.20. The van der Waals surface area contributed by atoms with E-state index in [9.17, 15) is 0 Å². The van der Waals surface area contributed by atoms with Gasteiger partial charge in [0.25, 0.3) is 0 Å². The highest BCUT2D eigenvalue weighted by Gasteiger charge is 2.07. The number of hydrogen-bond acceptors (Lipinski definition) is 4. The van der Waals surface area contributed by atoms with E-state index in [2.05, 4.69) is 52.6 Å². The Morgan fingerprint density at radius 2 is 1.91 bits per heavy atom. The minimum Gasteiger partial charge on any atom is -0.497 e. The van der Waals surface area contributed by atoms with Gasteiger partial charge in [-0.15, -0.1) is 24.0 Å². The van der Waals surface area contributed by atoms with Crippen LogP contribution in [0.5, 0.6) is 5.75 Å². The average Bonchev–Trinajstić information content (AvgIpc) is 3.23. The summed E-state index contributed by atoms with van der Waals surface area (Å²) in [6, 6.07) is 12.3. The number of pyridine rings is 1. The van der Waals surface area contributed by atoms with E-state index in [-0.39, 0.29) is 24.0 Å². The monoisotopic (exact) mass is 548 g/mol. The zero-order chi connectivity index (χ0) is 22.1. The van der Waals surface area contributed by atoms with Crippen LogP contribution in [0.15, 0.2) is 60.0 Å². The third kappa shape index (κ3) is 7.22. The summed E-state index contributed by atoms with van der Waals surface area (Å²) in [5.41, 5.74) is 2.37. The second-order valence-electron chi connectivity index (χ2n) is 7.45. The maximum absolute atomic E-state index is 5.24. The molecule has 3 rings (SSSR count). The Labute approximate surface area is 207 Å².